The van der Waals surface area contributed by atoms with Gasteiger partial charge < -0.3 is 10.1 Å². The van der Waals surface area contributed by atoms with Crippen molar-refractivity contribution in [3.05, 3.63) is 29.0 Å². The second kappa shape index (κ2) is 5.27. The summed E-state index contributed by atoms with van der Waals surface area (Å²) in [5.41, 5.74) is 0.526. The molecule has 1 aromatic rings. The van der Waals surface area contributed by atoms with Gasteiger partial charge in [0.25, 0.3) is 5.91 Å². The van der Waals surface area contributed by atoms with Crippen molar-refractivity contribution < 1.29 is 9.53 Å². The number of halogens is 1. The summed E-state index contributed by atoms with van der Waals surface area (Å²) in [5, 5.41) is 3.14. The number of aromatic nitrogens is 1. The summed E-state index contributed by atoms with van der Waals surface area (Å²) in [4.78, 5) is 15.5. The molecule has 4 nitrogen and oxygen atoms in total. The molecule has 0 aliphatic carbocycles. The van der Waals surface area contributed by atoms with Crippen LogP contribution < -0.4 is 5.32 Å². The number of amides is 1. The molecule has 1 aromatic heterocycles. The van der Waals surface area contributed by atoms with Gasteiger partial charge in [0.15, 0.2) is 0 Å². The largest absolute Gasteiger partial charge is 0.376 e. The average molecular weight is 241 g/mol. The number of pyridine rings is 1. The number of hydrogen-bond donors (Lipinski definition) is 1. The third kappa shape index (κ3) is 2.93. The standard InChI is InChI=1S/C11H13ClN2O2/c12-10-6-8(3-4-13-10)11(15)14-7-9-2-1-5-16-9/h3-4,6,9H,1-2,5,7H2,(H,14,15)/t9-/m0/s1. The van der Waals surface area contributed by atoms with Crippen molar-refractivity contribution in [2.45, 2.75) is 18.9 Å². The van der Waals surface area contributed by atoms with E-state index in [9.17, 15) is 4.79 Å². The van der Waals surface area contributed by atoms with E-state index in [1.165, 1.54) is 6.20 Å². The van der Waals surface area contributed by atoms with Gasteiger partial charge >= 0.3 is 0 Å². The molecule has 1 fully saturated rings. The summed E-state index contributed by atoms with van der Waals surface area (Å²) in [7, 11) is 0. The normalized spacial score (nSPS) is 19.7. The van der Waals surface area contributed by atoms with Crippen LogP contribution in [0.2, 0.25) is 5.15 Å². The first-order chi connectivity index (χ1) is 7.75. The number of carbonyl (C=O) groups excluding carboxylic acids is 1. The molecule has 1 N–H and O–H groups in total. The number of ether oxygens (including phenoxy) is 1. The van der Waals surface area contributed by atoms with E-state index in [-0.39, 0.29) is 12.0 Å². The van der Waals surface area contributed by atoms with Gasteiger partial charge in [-0.15, -0.1) is 0 Å². The Morgan fingerprint density at radius 3 is 3.25 bits per heavy atom. The number of rotatable bonds is 3. The average Bonchev–Trinajstić information content (AvgIpc) is 2.78. The fourth-order valence-electron chi connectivity index (χ4n) is 1.66. The lowest BCUT2D eigenvalue weighted by molar-refractivity contribution is 0.0857. The number of nitrogens with zero attached hydrogens (tertiary/aromatic N) is 1. The van der Waals surface area contributed by atoms with Crippen LogP contribution in [0.15, 0.2) is 18.3 Å². The van der Waals surface area contributed by atoms with E-state index >= 15 is 0 Å². The van der Waals surface area contributed by atoms with E-state index in [1.54, 1.807) is 12.1 Å². The molecule has 1 amide bonds. The molecule has 5 heteroatoms. The van der Waals surface area contributed by atoms with E-state index in [4.69, 9.17) is 16.3 Å². The van der Waals surface area contributed by atoms with Gasteiger partial charge in [0.1, 0.15) is 5.15 Å². The van der Waals surface area contributed by atoms with Crippen LogP contribution in [0.5, 0.6) is 0 Å². The Hall–Kier alpha value is -1.13. The zero-order valence-electron chi connectivity index (χ0n) is 8.78. The second-order valence-corrected chi connectivity index (χ2v) is 4.10. The van der Waals surface area contributed by atoms with Gasteiger partial charge in [0.2, 0.25) is 0 Å². The first kappa shape index (κ1) is 11.4. The maximum Gasteiger partial charge on any atom is 0.251 e. The molecule has 0 aromatic carbocycles. The Labute approximate surface area is 99.0 Å². The molecule has 1 atom stereocenters. The van der Waals surface area contributed by atoms with Crippen LogP contribution in [0.1, 0.15) is 23.2 Å². The molecule has 2 rings (SSSR count). The first-order valence-electron chi connectivity index (χ1n) is 5.27. The van der Waals surface area contributed by atoms with Crippen molar-refractivity contribution in [1.82, 2.24) is 10.3 Å². The maximum atomic E-state index is 11.7. The number of nitrogens with one attached hydrogen (secondary N) is 1. The van der Waals surface area contributed by atoms with E-state index < -0.39 is 0 Å². The second-order valence-electron chi connectivity index (χ2n) is 3.71. The predicted molar refractivity (Wildman–Crippen MR) is 60.6 cm³/mol. The third-order valence-electron chi connectivity index (χ3n) is 2.50. The summed E-state index contributed by atoms with van der Waals surface area (Å²) < 4.78 is 5.41. The van der Waals surface area contributed by atoms with Crippen molar-refractivity contribution in [3.63, 3.8) is 0 Å². The Morgan fingerprint density at radius 2 is 2.56 bits per heavy atom. The number of hydrogen-bond acceptors (Lipinski definition) is 3. The lowest BCUT2D eigenvalue weighted by atomic mass is 10.2. The van der Waals surface area contributed by atoms with Crippen LogP contribution in [0.3, 0.4) is 0 Å². The molecule has 1 aliphatic heterocycles. The Kier molecular flexibility index (Phi) is 3.74. The smallest absolute Gasteiger partial charge is 0.251 e. The Balaban J connectivity index is 1.87. The van der Waals surface area contributed by atoms with Crippen LogP contribution in [0.4, 0.5) is 0 Å². The minimum absolute atomic E-state index is 0.139. The SMILES string of the molecule is O=C(NC[C@@H]1CCCO1)c1ccnc(Cl)c1. The highest BCUT2D eigenvalue weighted by molar-refractivity contribution is 6.29. The fourth-order valence-corrected chi connectivity index (χ4v) is 1.83. The van der Waals surface area contributed by atoms with E-state index in [0.717, 1.165) is 19.4 Å². The molecule has 0 bridgehead atoms. The molecule has 0 radical (unpaired) electrons. The van der Waals surface area contributed by atoms with Crippen LogP contribution >= 0.6 is 11.6 Å². The van der Waals surface area contributed by atoms with Gasteiger partial charge in [0.05, 0.1) is 6.10 Å². The van der Waals surface area contributed by atoms with Crippen molar-refractivity contribution in [2.75, 3.05) is 13.2 Å². The lowest BCUT2D eigenvalue weighted by Gasteiger charge is -2.10. The van der Waals surface area contributed by atoms with Gasteiger partial charge in [-0.25, -0.2) is 4.98 Å². The quantitative estimate of drug-likeness (QED) is 0.818. The summed E-state index contributed by atoms with van der Waals surface area (Å²) in [6.45, 7) is 1.35. The summed E-state index contributed by atoms with van der Waals surface area (Å²) in [5.74, 6) is -0.139. The fraction of sp³-hybridized carbons (Fsp3) is 0.455. The van der Waals surface area contributed by atoms with Gasteiger partial charge in [0, 0.05) is 24.9 Å². The zero-order chi connectivity index (χ0) is 11.4. The van der Waals surface area contributed by atoms with Crippen molar-refractivity contribution in [2.24, 2.45) is 0 Å². The minimum atomic E-state index is -0.139. The zero-order valence-corrected chi connectivity index (χ0v) is 9.54. The molecule has 0 saturated carbocycles. The first-order valence-corrected chi connectivity index (χ1v) is 5.65. The highest BCUT2D eigenvalue weighted by Gasteiger charge is 2.16. The van der Waals surface area contributed by atoms with Crippen LogP contribution in [-0.4, -0.2) is 30.1 Å². The van der Waals surface area contributed by atoms with E-state index in [2.05, 4.69) is 10.3 Å². The Morgan fingerprint density at radius 1 is 1.69 bits per heavy atom. The summed E-state index contributed by atoms with van der Waals surface area (Å²) >= 11 is 5.70. The van der Waals surface area contributed by atoms with Crippen LogP contribution in [-0.2, 0) is 4.74 Å². The molecule has 16 heavy (non-hydrogen) atoms. The topological polar surface area (TPSA) is 51.2 Å². The molecular formula is C11H13ClN2O2. The molecule has 0 unspecified atom stereocenters. The van der Waals surface area contributed by atoms with E-state index in [0.29, 0.717) is 17.3 Å². The molecular weight excluding hydrogens is 228 g/mol. The third-order valence-corrected chi connectivity index (χ3v) is 2.71. The van der Waals surface area contributed by atoms with Gasteiger partial charge in [-0.3, -0.25) is 4.79 Å². The van der Waals surface area contributed by atoms with Crippen molar-refractivity contribution in [3.8, 4) is 0 Å². The molecule has 1 aliphatic rings. The minimum Gasteiger partial charge on any atom is -0.376 e. The molecule has 2 heterocycles. The van der Waals surface area contributed by atoms with Crippen molar-refractivity contribution in [1.29, 1.82) is 0 Å². The molecule has 1 saturated heterocycles. The monoisotopic (exact) mass is 240 g/mol. The lowest BCUT2D eigenvalue weighted by Crippen LogP contribution is -2.31. The maximum absolute atomic E-state index is 11.7. The van der Waals surface area contributed by atoms with Gasteiger partial charge in [-0.2, -0.15) is 0 Å². The molecule has 0 spiro atoms. The Bertz CT molecular complexity index is 378. The summed E-state index contributed by atoms with van der Waals surface area (Å²) in [6.07, 6.45) is 3.75. The predicted octanol–water partition coefficient (Wildman–Crippen LogP) is 1.64. The van der Waals surface area contributed by atoms with Crippen LogP contribution in [0.25, 0.3) is 0 Å². The summed E-state index contributed by atoms with van der Waals surface area (Å²) in [6, 6.07) is 3.18. The van der Waals surface area contributed by atoms with E-state index in [1.807, 2.05) is 0 Å². The van der Waals surface area contributed by atoms with Gasteiger partial charge in [-0.1, -0.05) is 11.6 Å². The highest BCUT2D eigenvalue weighted by Crippen LogP contribution is 2.11. The highest BCUT2D eigenvalue weighted by atomic mass is 35.5. The van der Waals surface area contributed by atoms with Crippen molar-refractivity contribution >= 4 is 17.5 Å². The van der Waals surface area contributed by atoms with Gasteiger partial charge in [-0.05, 0) is 25.0 Å². The molecule has 86 valence electrons. The van der Waals surface area contributed by atoms with Crippen LogP contribution in [0, 0.1) is 0 Å². The number of carbonyl (C=O) groups is 1.